The predicted octanol–water partition coefficient (Wildman–Crippen LogP) is 2.83. The Bertz CT molecular complexity index is 585. The molecule has 1 aliphatic heterocycles. The molecule has 0 unspecified atom stereocenters. The first-order chi connectivity index (χ1) is 10.4. The number of benzene rings is 1. The Morgan fingerprint density at radius 1 is 1.14 bits per heavy atom. The van der Waals surface area contributed by atoms with Crippen LogP contribution in [0.25, 0.3) is 0 Å². The van der Waals surface area contributed by atoms with Crippen LogP contribution in [0.3, 0.4) is 0 Å². The average Bonchev–Trinajstić information content (AvgIpc) is 2.52. The summed E-state index contributed by atoms with van der Waals surface area (Å²) in [5, 5.41) is 9.24. The molecular weight excluding hydrogens is 274 g/mol. The van der Waals surface area contributed by atoms with E-state index in [9.17, 15) is 10.1 Å². The van der Waals surface area contributed by atoms with E-state index in [-0.39, 0.29) is 11.4 Å². The monoisotopic (exact) mass is 297 g/mol. The van der Waals surface area contributed by atoms with Gasteiger partial charge in [0.1, 0.15) is 11.6 Å². The fourth-order valence-electron chi connectivity index (χ4n) is 2.47. The lowest BCUT2D eigenvalue weighted by Gasteiger charge is -2.35. The summed E-state index contributed by atoms with van der Waals surface area (Å²) in [6.45, 7) is 8.94. The molecular formula is C18H23N3O. The molecule has 0 N–H and O–H groups in total. The lowest BCUT2D eigenvalue weighted by Crippen LogP contribution is -2.44. The van der Waals surface area contributed by atoms with E-state index < -0.39 is 5.41 Å². The highest BCUT2D eigenvalue weighted by Gasteiger charge is 2.26. The Morgan fingerprint density at radius 2 is 1.73 bits per heavy atom. The van der Waals surface area contributed by atoms with Gasteiger partial charge in [0.15, 0.2) is 5.78 Å². The molecule has 4 nitrogen and oxygen atoms in total. The first kappa shape index (κ1) is 16.1. The van der Waals surface area contributed by atoms with Gasteiger partial charge in [0.25, 0.3) is 0 Å². The quantitative estimate of drug-likeness (QED) is 0.636. The third-order valence-electron chi connectivity index (χ3n) is 3.79. The van der Waals surface area contributed by atoms with Gasteiger partial charge >= 0.3 is 0 Å². The minimum absolute atomic E-state index is 0.0968. The van der Waals surface area contributed by atoms with Crippen LogP contribution in [-0.2, 0) is 4.79 Å². The van der Waals surface area contributed by atoms with Crippen LogP contribution in [0.1, 0.15) is 20.8 Å². The molecule has 1 aromatic carbocycles. The second kappa shape index (κ2) is 6.65. The summed E-state index contributed by atoms with van der Waals surface area (Å²) in [7, 11) is 0. The molecule has 0 saturated carbocycles. The molecule has 1 aromatic rings. The van der Waals surface area contributed by atoms with E-state index in [1.165, 1.54) is 5.69 Å². The standard InChI is InChI=1S/C18H23N3O/c1-18(2,3)17(22)15(13-19)14-20-9-11-21(12-10-20)16-7-5-4-6-8-16/h4-8,14H,9-12H2,1-3H3. The predicted molar refractivity (Wildman–Crippen MR) is 88.4 cm³/mol. The zero-order valence-electron chi connectivity index (χ0n) is 13.5. The molecule has 1 saturated heterocycles. The fraction of sp³-hybridized carbons (Fsp3) is 0.444. The van der Waals surface area contributed by atoms with Crippen LogP contribution in [0.2, 0.25) is 0 Å². The number of anilines is 1. The highest BCUT2D eigenvalue weighted by atomic mass is 16.1. The topological polar surface area (TPSA) is 47.3 Å². The van der Waals surface area contributed by atoms with Gasteiger partial charge < -0.3 is 9.80 Å². The second-order valence-electron chi connectivity index (χ2n) is 6.59. The number of para-hydroxylation sites is 1. The van der Waals surface area contributed by atoms with Crippen molar-refractivity contribution in [2.45, 2.75) is 20.8 Å². The Morgan fingerprint density at radius 3 is 2.23 bits per heavy atom. The van der Waals surface area contributed by atoms with E-state index >= 15 is 0 Å². The van der Waals surface area contributed by atoms with E-state index in [0.717, 1.165) is 26.2 Å². The molecule has 2 rings (SSSR count). The summed E-state index contributed by atoms with van der Waals surface area (Å²) in [5.74, 6) is -0.0968. The third kappa shape index (κ3) is 3.88. The van der Waals surface area contributed by atoms with Gasteiger partial charge in [-0.15, -0.1) is 0 Å². The summed E-state index contributed by atoms with van der Waals surface area (Å²) in [5.41, 5.74) is 0.950. The lowest BCUT2D eigenvalue weighted by molar-refractivity contribution is -0.122. The van der Waals surface area contributed by atoms with Gasteiger partial charge in [-0.05, 0) is 12.1 Å². The first-order valence-corrected chi connectivity index (χ1v) is 7.62. The number of carbonyl (C=O) groups excluding carboxylic acids is 1. The molecule has 116 valence electrons. The number of rotatable bonds is 3. The number of nitriles is 1. The molecule has 0 amide bonds. The maximum atomic E-state index is 12.2. The van der Waals surface area contributed by atoms with Crippen LogP contribution in [-0.4, -0.2) is 36.9 Å². The van der Waals surface area contributed by atoms with Crippen molar-refractivity contribution in [1.82, 2.24) is 4.90 Å². The van der Waals surface area contributed by atoms with E-state index in [4.69, 9.17) is 0 Å². The molecule has 22 heavy (non-hydrogen) atoms. The van der Waals surface area contributed by atoms with Gasteiger partial charge in [-0.2, -0.15) is 5.26 Å². The van der Waals surface area contributed by atoms with Gasteiger partial charge in [0.05, 0.1) is 0 Å². The van der Waals surface area contributed by atoms with Gasteiger partial charge in [0, 0.05) is 43.5 Å². The molecule has 1 aliphatic rings. The second-order valence-corrected chi connectivity index (χ2v) is 6.59. The summed E-state index contributed by atoms with van der Waals surface area (Å²) < 4.78 is 0. The molecule has 4 heteroatoms. The number of Topliss-reactive ketones (excluding diaryl/α,β-unsaturated/α-hetero) is 1. The summed E-state index contributed by atoms with van der Waals surface area (Å²) in [6, 6.07) is 12.4. The molecule has 0 spiro atoms. The number of carbonyl (C=O) groups is 1. The molecule has 0 atom stereocenters. The van der Waals surface area contributed by atoms with Crippen LogP contribution in [0, 0.1) is 16.7 Å². The summed E-state index contributed by atoms with van der Waals surface area (Å²) in [4.78, 5) is 16.6. The van der Waals surface area contributed by atoms with E-state index in [0.29, 0.717) is 0 Å². The minimum atomic E-state index is -0.520. The van der Waals surface area contributed by atoms with Gasteiger partial charge in [-0.1, -0.05) is 39.0 Å². The molecule has 0 radical (unpaired) electrons. The van der Waals surface area contributed by atoms with Crippen LogP contribution in [0.5, 0.6) is 0 Å². The number of piperazine rings is 1. The maximum Gasteiger partial charge on any atom is 0.180 e. The number of hydrogen-bond acceptors (Lipinski definition) is 4. The number of nitrogens with zero attached hydrogens (tertiary/aromatic N) is 3. The average molecular weight is 297 g/mol. The third-order valence-corrected chi connectivity index (χ3v) is 3.79. The van der Waals surface area contributed by atoms with Crippen molar-refractivity contribution in [1.29, 1.82) is 5.26 Å². The highest BCUT2D eigenvalue weighted by molar-refractivity contribution is 6.02. The van der Waals surface area contributed by atoms with Crippen LogP contribution in [0.15, 0.2) is 42.1 Å². The zero-order valence-corrected chi connectivity index (χ0v) is 13.5. The summed E-state index contributed by atoms with van der Waals surface area (Å²) in [6.07, 6.45) is 1.73. The SMILES string of the molecule is CC(C)(C)C(=O)C(C#N)=CN1CCN(c2ccccc2)CC1. The van der Waals surface area contributed by atoms with Crippen LogP contribution < -0.4 is 4.90 Å². The molecule has 0 aliphatic carbocycles. The molecule has 1 heterocycles. The Labute approximate surface area is 132 Å². The van der Waals surface area contributed by atoms with Gasteiger partial charge in [-0.3, -0.25) is 4.79 Å². The maximum absolute atomic E-state index is 12.2. The van der Waals surface area contributed by atoms with Crippen LogP contribution >= 0.6 is 0 Å². The first-order valence-electron chi connectivity index (χ1n) is 7.62. The number of hydrogen-bond donors (Lipinski definition) is 0. The Kier molecular flexibility index (Phi) is 4.87. The van der Waals surface area contributed by atoms with Crippen molar-refractivity contribution in [3.8, 4) is 6.07 Å². The van der Waals surface area contributed by atoms with Crippen molar-refractivity contribution >= 4 is 11.5 Å². The van der Waals surface area contributed by atoms with Crippen molar-refractivity contribution in [2.75, 3.05) is 31.1 Å². The highest BCUT2D eigenvalue weighted by Crippen LogP contribution is 2.21. The lowest BCUT2D eigenvalue weighted by atomic mass is 9.87. The molecule has 0 bridgehead atoms. The van der Waals surface area contributed by atoms with Gasteiger partial charge in [-0.25, -0.2) is 0 Å². The largest absolute Gasteiger partial charge is 0.373 e. The normalized spacial score (nSPS) is 16.4. The number of ketones is 1. The summed E-state index contributed by atoms with van der Waals surface area (Å²) >= 11 is 0. The van der Waals surface area contributed by atoms with E-state index in [1.54, 1.807) is 6.20 Å². The van der Waals surface area contributed by atoms with E-state index in [1.807, 2.05) is 39.0 Å². The van der Waals surface area contributed by atoms with Gasteiger partial charge in [0.2, 0.25) is 0 Å². The zero-order chi connectivity index (χ0) is 16.2. The van der Waals surface area contributed by atoms with Crippen molar-refractivity contribution in [3.05, 3.63) is 42.1 Å². The number of allylic oxidation sites excluding steroid dienone is 1. The smallest absolute Gasteiger partial charge is 0.180 e. The van der Waals surface area contributed by atoms with E-state index in [2.05, 4.69) is 28.0 Å². The minimum Gasteiger partial charge on any atom is -0.373 e. The Balaban J connectivity index is 2.01. The Hall–Kier alpha value is -2.28. The van der Waals surface area contributed by atoms with Crippen molar-refractivity contribution in [3.63, 3.8) is 0 Å². The molecule has 1 fully saturated rings. The van der Waals surface area contributed by atoms with Crippen molar-refractivity contribution in [2.24, 2.45) is 5.41 Å². The van der Waals surface area contributed by atoms with Crippen molar-refractivity contribution < 1.29 is 4.79 Å². The molecule has 0 aromatic heterocycles. The fourth-order valence-corrected chi connectivity index (χ4v) is 2.47. The van der Waals surface area contributed by atoms with Crippen LogP contribution in [0.4, 0.5) is 5.69 Å².